The van der Waals surface area contributed by atoms with Crippen molar-refractivity contribution in [1.29, 1.82) is 0 Å². The van der Waals surface area contributed by atoms with Crippen LogP contribution in [-0.4, -0.2) is 68.4 Å². The monoisotopic (exact) mass is 434 g/mol. The number of rotatable bonds is 4. The fourth-order valence-electron chi connectivity index (χ4n) is 4.60. The third-order valence-electron chi connectivity index (χ3n) is 6.46. The second-order valence-electron chi connectivity index (χ2n) is 8.47. The van der Waals surface area contributed by atoms with Crippen LogP contribution in [0.25, 0.3) is 10.8 Å². The highest BCUT2D eigenvalue weighted by Gasteiger charge is 2.25. The average Bonchev–Trinajstić information content (AvgIpc) is 2.83. The van der Waals surface area contributed by atoms with E-state index >= 15 is 0 Å². The van der Waals surface area contributed by atoms with Gasteiger partial charge in [-0.2, -0.15) is 10.2 Å². The third kappa shape index (κ3) is 3.95. The van der Waals surface area contributed by atoms with Crippen LogP contribution >= 0.6 is 0 Å². The zero-order valence-electron chi connectivity index (χ0n) is 17.9. The summed E-state index contributed by atoms with van der Waals surface area (Å²) in [5.74, 6) is -0.176. The fourth-order valence-corrected chi connectivity index (χ4v) is 4.60. The lowest BCUT2D eigenvalue weighted by molar-refractivity contribution is 0.0626. The topological polar surface area (TPSA) is 104 Å². The number of aromatic nitrogens is 4. The third-order valence-corrected chi connectivity index (χ3v) is 6.46. The van der Waals surface area contributed by atoms with Crippen LogP contribution in [0.4, 0.5) is 0 Å². The highest BCUT2D eigenvalue weighted by molar-refractivity contribution is 6.04. The Labute approximate surface area is 184 Å². The van der Waals surface area contributed by atoms with Gasteiger partial charge in [-0.15, -0.1) is 0 Å². The molecule has 0 atom stereocenters. The number of amides is 1. The number of aryl methyl sites for hydroxylation is 2. The summed E-state index contributed by atoms with van der Waals surface area (Å²) in [5.41, 5.74) is 2.11. The largest absolute Gasteiger partial charge is 0.335 e. The molecule has 0 bridgehead atoms. The number of carbonyl (C=O) groups is 1. The summed E-state index contributed by atoms with van der Waals surface area (Å²) in [6, 6.07) is 8.77. The molecule has 0 saturated carbocycles. The van der Waals surface area contributed by atoms with Gasteiger partial charge in [0.05, 0.1) is 17.6 Å². The summed E-state index contributed by atoms with van der Waals surface area (Å²) in [4.78, 5) is 41.5. The van der Waals surface area contributed by atoms with Gasteiger partial charge in [0.25, 0.3) is 17.0 Å². The number of H-pyrrole nitrogens is 1. The van der Waals surface area contributed by atoms with Gasteiger partial charge in [-0.05, 0) is 37.3 Å². The van der Waals surface area contributed by atoms with E-state index in [1.807, 2.05) is 0 Å². The van der Waals surface area contributed by atoms with Crippen LogP contribution in [0.3, 0.4) is 0 Å². The second-order valence-corrected chi connectivity index (χ2v) is 8.47. The quantitative estimate of drug-likeness (QED) is 0.652. The summed E-state index contributed by atoms with van der Waals surface area (Å²) in [7, 11) is 0. The number of aromatic amines is 1. The molecular weight excluding hydrogens is 408 g/mol. The van der Waals surface area contributed by atoms with Gasteiger partial charge in [-0.3, -0.25) is 19.3 Å². The molecule has 1 aromatic carbocycles. The van der Waals surface area contributed by atoms with Crippen molar-refractivity contribution in [2.75, 3.05) is 32.7 Å². The van der Waals surface area contributed by atoms with E-state index in [0.717, 1.165) is 36.9 Å². The van der Waals surface area contributed by atoms with Crippen molar-refractivity contribution in [3.63, 3.8) is 0 Å². The molecule has 1 N–H and O–H groups in total. The summed E-state index contributed by atoms with van der Waals surface area (Å²) in [6.45, 7) is 3.83. The summed E-state index contributed by atoms with van der Waals surface area (Å²) < 4.78 is 1.58. The first-order chi connectivity index (χ1) is 15.6. The molecule has 1 amide bonds. The summed E-state index contributed by atoms with van der Waals surface area (Å²) in [5, 5.41) is 12.1. The van der Waals surface area contributed by atoms with Crippen LogP contribution in [0, 0.1) is 0 Å². The predicted octanol–water partition coefficient (Wildman–Crippen LogP) is 0.817. The average molecular weight is 435 g/mol. The van der Waals surface area contributed by atoms with Crippen molar-refractivity contribution >= 4 is 16.7 Å². The number of nitrogens with zero attached hydrogens (tertiary/aromatic N) is 5. The predicted molar refractivity (Wildman–Crippen MR) is 120 cm³/mol. The Morgan fingerprint density at radius 2 is 1.72 bits per heavy atom. The Morgan fingerprint density at radius 1 is 0.969 bits per heavy atom. The van der Waals surface area contributed by atoms with Crippen LogP contribution in [0.2, 0.25) is 0 Å². The van der Waals surface area contributed by atoms with Gasteiger partial charge in [-0.1, -0.05) is 18.2 Å². The normalized spacial score (nSPS) is 16.8. The van der Waals surface area contributed by atoms with Gasteiger partial charge in [0.2, 0.25) is 0 Å². The minimum atomic E-state index is -0.298. The van der Waals surface area contributed by atoms with Crippen molar-refractivity contribution in [2.24, 2.45) is 0 Å². The van der Waals surface area contributed by atoms with Crippen LogP contribution < -0.4 is 11.1 Å². The standard InChI is InChI=1S/C23H26N6O3/c30-20-15-16-5-1-4-8-19(16)26-29(20)14-11-27-9-12-28(13-10-27)23(32)21-17-6-2-3-7-18(17)22(31)25-24-21/h2-3,6-7,15H,1,4-5,8-14H2,(H,25,31). The molecule has 1 fully saturated rings. The number of carbonyl (C=O) groups excluding carboxylic acids is 1. The molecule has 0 unspecified atom stereocenters. The fraction of sp³-hybridized carbons (Fsp3) is 0.435. The highest BCUT2D eigenvalue weighted by Crippen LogP contribution is 2.17. The molecule has 32 heavy (non-hydrogen) atoms. The van der Waals surface area contributed by atoms with E-state index in [4.69, 9.17) is 0 Å². The SMILES string of the molecule is O=C(c1n[nH]c(=O)c2ccccc12)N1CCN(CCn2nc3c(cc2=O)CCCC3)CC1. The first kappa shape index (κ1) is 20.6. The van der Waals surface area contributed by atoms with Crippen LogP contribution in [0.15, 0.2) is 39.9 Å². The van der Waals surface area contributed by atoms with Crippen molar-refractivity contribution in [1.82, 2.24) is 29.8 Å². The Kier molecular flexibility index (Phi) is 5.57. The number of fused-ring (bicyclic) bond motifs is 2. The molecule has 2 aromatic heterocycles. The Bertz CT molecular complexity index is 1270. The number of hydrogen-bond donors (Lipinski definition) is 1. The molecule has 3 aromatic rings. The molecule has 166 valence electrons. The second kappa shape index (κ2) is 8.66. The molecule has 0 spiro atoms. The maximum Gasteiger partial charge on any atom is 0.275 e. The van der Waals surface area contributed by atoms with E-state index in [9.17, 15) is 14.4 Å². The van der Waals surface area contributed by atoms with Crippen molar-refractivity contribution in [2.45, 2.75) is 32.2 Å². The minimum Gasteiger partial charge on any atom is -0.335 e. The first-order valence-corrected chi connectivity index (χ1v) is 11.2. The Hall–Kier alpha value is -3.33. The maximum absolute atomic E-state index is 13.1. The number of hydrogen-bond acceptors (Lipinski definition) is 6. The molecule has 1 aliphatic heterocycles. The molecule has 1 saturated heterocycles. The van der Waals surface area contributed by atoms with E-state index in [1.54, 1.807) is 39.9 Å². The maximum atomic E-state index is 13.1. The smallest absolute Gasteiger partial charge is 0.275 e. The summed E-state index contributed by atoms with van der Waals surface area (Å²) >= 11 is 0. The molecule has 2 aliphatic rings. The van der Waals surface area contributed by atoms with Gasteiger partial charge < -0.3 is 4.90 Å². The molecular formula is C23H26N6O3. The zero-order valence-corrected chi connectivity index (χ0v) is 17.9. The van der Waals surface area contributed by atoms with Crippen LogP contribution in [0.1, 0.15) is 34.6 Å². The summed E-state index contributed by atoms with van der Waals surface area (Å²) in [6.07, 6.45) is 4.16. The lowest BCUT2D eigenvalue weighted by atomic mass is 9.97. The Morgan fingerprint density at radius 3 is 2.53 bits per heavy atom. The molecule has 3 heterocycles. The van der Waals surface area contributed by atoms with E-state index in [-0.39, 0.29) is 22.7 Å². The molecule has 9 heteroatoms. The first-order valence-electron chi connectivity index (χ1n) is 11.2. The van der Waals surface area contributed by atoms with E-state index in [0.29, 0.717) is 50.0 Å². The molecule has 5 rings (SSSR count). The van der Waals surface area contributed by atoms with E-state index in [1.165, 1.54) is 0 Å². The molecule has 1 aliphatic carbocycles. The minimum absolute atomic E-state index is 0.0320. The van der Waals surface area contributed by atoms with E-state index < -0.39 is 0 Å². The number of nitrogens with one attached hydrogen (secondary N) is 1. The Balaban J connectivity index is 1.22. The van der Waals surface area contributed by atoms with Gasteiger partial charge in [0.15, 0.2) is 5.69 Å². The van der Waals surface area contributed by atoms with Crippen molar-refractivity contribution in [3.05, 3.63) is 68.0 Å². The van der Waals surface area contributed by atoms with Gasteiger partial charge >= 0.3 is 0 Å². The number of piperazine rings is 1. The lowest BCUT2D eigenvalue weighted by Gasteiger charge is -2.34. The van der Waals surface area contributed by atoms with Crippen LogP contribution in [0.5, 0.6) is 0 Å². The van der Waals surface area contributed by atoms with Gasteiger partial charge in [0, 0.05) is 44.2 Å². The van der Waals surface area contributed by atoms with Gasteiger partial charge in [0.1, 0.15) is 0 Å². The zero-order chi connectivity index (χ0) is 22.1. The highest BCUT2D eigenvalue weighted by atomic mass is 16.2. The number of benzene rings is 1. The van der Waals surface area contributed by atoms with Crippen molar-refractivity contribution in [3.8, 4) is 0 Å². The van der Waals surface area contributed by atoms with E-state index in [2.05, 4.69) is 20.2 Å². The molecule has 0 radical (unpaired) electrons. The van der Waals surface area contributed by atoms with Gasteiger partial charge in [-0.25, -0.2) is 9.78 Å². The van der Waals surface area contributed by atoms with Crippen molar-refractivity contribution < 1.29 is 4.79 Å². The lowest BCUT2D eigenvalue weighted by Crippen LogP contribution is -2.50. The molecule has 9 nitrogen and oxygen atoms in total. The van der Waals surface area contributed by atoms with Crippen LogP contribution in [-0.2, 0) is 19.4 Å².